The first-order valence-corrected chi connectivity index (χ1v) is 14.4. The summed E-state index contributed by atoms with van der Waals surface area (Å²) in [6, 6.07) is 14.7. The van der Waals surface area contributed by atoms with E-state index >= 15 is 0 Å². The lowest BCUT2D eigenvalue weighted by Gasteiger charge is -2.35. The molecule has 4 heterocycles. The van der Waals surface area contributed by atoms with Gasteiger partial charge in [0.05, 0.1) is 24.4 Å². The average molecular weight is 530 g/mol. The van der Waals surface area contributed by atoms with Gasteiger partial charge in [-0.2, -0.15) is 0 Å². The molecule has 206 valence electrons. The maximum Gasteiger partial charge on any atom is 0.321 e. The Hall–Kier alpha value is -3.43. The second kappa shape index (κ2) is 11.8. The zero-order valence-corrected chi connectivity index (χ0v) is 22.9. The Morgan fingerprint density at radius 1 is 0.872 bits per heavy atom. The zero-order chi connectivity index (χ0) is 26.6. The molecule has 3 aromatic rings. The van der Waals surface area contributed by atoms with Crippen LogP contribution in [0.15, 0.2) is 48.8 Å². The molecule has 3 aliphatic rings. The molecule has 2 amide bonds. The Morgan fingerprint density at radius 3 is 2.28 bits per heavy atom. The van der Waals surface area contributed by atoms with Crippen molar-refractivity contribution in [2.24, 2.45) is 0 Å². The van der Waals surface area contributed by atoms with Gasteiger partial charge < -0.3 is 29.7 Å². The van der Waals surface area contributed by atoms with Gasteiger partial charge in [-0.05, 0) is 61.9 Å². The van der Waals surface area contributed by atoms with E-state index in [4.69, 9.17) is 9.72 Å². The number of carbonyl (C=O) groups excluding carboxylic acids is 1. The number of carbonyl (C=O) groups is 1. The first-order valence-electron chi connectivity index (χ1n) is 14.4. The number of piperidine rings is 1. The standard InChI is InChI=1S/C30H39N7O2/c1-2-34-13-15-35(16-14-34)26-7-8-27-28(21-26)31-22-32-29(27)23-9-11-37(12-10-23)30(38)33-24-3-5-25(6-4-24)36-17-19-39-20-18-36/h3-8,21-23H,2,9-20H2,1H3,(H,33,38). The number of likely N-dealkylation sites (tertiary alicyclic amines) is 1. The molecule has 6 rings (SSSR count). The highest BCUT2D eigenvalue weighted by Gasteiger charge is 2.26. The quantitative estimate of drug-likeness (QED) is 0.535. The number of nitrogens with zero attached hydrogens (tertiary/aromatic N) is 6. The van der Waals surface area contributed by atoms with Gasteiger partial charge in [-0.15, -0.1) is 0 Å². The summed E-state index contributed by atoms with van der Waals surface area (Å²) >= 11 is 0. The van der Waals surface area contributed by atoms with E-state index in [9.17, 15) is 4.79 Å². The summed E-state index contributed by atoms with van der Waals surface area (Å²) in [5.41, 5.74) is 5.36. The van der Waals surface area contributed by atoms with Crippen LogP contribution in [0.5, 0.6) is 0 Å². The zero-order valence-electron chi connectivity index (χ0n) is 22.9. The van der Waals surface area contributed by atoms with Gasteiger partial charge in [0.1, 0.15) is 6.33 Å². The van der Waals surface area contributed by atoms with Gasteiger partial charge in [0.2, 0.25) is 0 Å². The lowest BCUT2D eigenvalue weighted by molar-refractivity contribution is 0.122. The van der Waals surface area contributed by atoms with Crippen molar-refractivity contribution >= 4 is 34.0 Å². The van der Waals surface area contributed by atoms with Gasteiger partial charge >= 0.3 is 6.03 Å². The number of anilines is 3. The second-order valence-electron chi connectivity index (χ2n) is 10.7. The van der Waals surface area contributed by atoms with Crippen molar-refractivity contribution in [2.45, 2.75) is 25.7 Å². The summed E-state index contributed by atoms with van der Waals surface area (Å²) in [7, 11) is 0. The number of hydrogen-bond donors (Lipinski definition) is 1. The van der Waals surface area contributed by atoms with Gasteiger partial charge in [0.15, 0.2) is 0 Å². The second-order valence-corrected chi connectivity index (χ2v) is 10.7. The summed E-state index contributed by atoms with van der Waals surface area (Å²) in [5, 5.41) is 4.22. The number of benzene rings is 2. The number of nitrogens with one attached hydrogen (secondary N) is 1. The van der Waals surface area contributed by atoms with Crippen molar-refractivity contribution in [3.05, 3.63) is 54.5 Å². The molecule has 3 aliphatic heterocycles. The number of amides is 2. The Bertz CT molecular complexity index is 1260. The summed E-state index contributed by atoms with van der Waals surface area (Å²) < 4.78 is 5.44. The first kappa shape index (κ1) is 25.8. The van der Waals surface area contributed by atoms with E-state index in [2.05, 4.69) is 62.3 Å². The lowest BCUT2D eigenvalue weighted by atomic mass is 9.91. The highest BCUT2D eigenvalue weighted by Crippen LogP contribution is 2.33. The molecular weight excluding hydrogens is 490 g/mol. The molecule has 39 heavy (non-hydrogen) atoms. The minimum atomic E-state index is -0.0343. The fourth-order valence-corrected chi connectivity index (χ4v) is 6.05. The van der Waals surface area contributed by atoms with Crippen LogP contribution in [0.3, 0.4) is 0 Å². The predicted octanol–water partition coefficient (Wildman–Crippen LogP) is 4.02. The molecule has 0 radical (unpaired) electrons. The van der Waals surface area contributed by atoms with Gasteiger partial charge in [-0.1, -0.05) is 6.92 Å². The average Bonchev–Trinajstić information content (AvgIpc) is 3.01. The minimum absolute atomic E-state index is 0.0343. The Morgan fingerprint density at radius 2 is 1.56 bits per heavy atom. The highest BCUT2D eigenvalue weighted by atomic mass is 16.5. The molecule has 0 atom stereocenters. The van der Waals surface area contributed by atoms with E-state index in [1.807, 2.05) is 17.0 Å². The number of fused-ring (bicyclic) bond motifs is 1. The molecule has 0 saturated carbocycles. The normalized spacial score (nSPS) is 19.5. The molecule has 0 unspecified atom stereocenters. The highest BCUT2D eigenvalue weighted by molar-refractivity contribution is 5.89. The molecular formula is C30H39N7O2. The summed E-state index contributed by atoms with van der Waals surface area (Å²) in [4.78, 5) is 31.5. The first-order chi connectivity index (χ1) is 19.2. The smallest absolute Gasteiger partial charge is 0.321 e. The minimum Gasteiger partial charge on any atom is -0.378 e. The number of likely N-dealkylation sites (N-methyl/N-ethyl adjacent to an activating group) is 1. The largest absolute Gasteiger partial charge is 0.378 e. The summed E-state index contributed by atoms with van der Waals surface area (Å²) in [5.74, 6) is 0.325. The molecule has 1 aromatic heterocycles. The van der Waals surface area contributed by atoms with Crippen LogP contribution in [0.4, 0.5) is 21.9 Å². The van der Waals surface area contributed by atoms with Crippen LogP contribution in [-0.4, -0.2) is 97.9 Å². The third kappa shape index (κ3) is 5.79. The van der Waals surface area contributed by atoms with Crippen molar-refractivity contribution in [3.8, 4) is 0 Å². The van der Waals surface area contributed by atoms with Crippen LogP contribution >= 0.6 is 0 Å². The Balaban J connectivity index is 1.06. The number of piperazine rings is 1. The fourth-order valence-electron chi connectivity index (χ4n) is 6.05. The maximum absolute atomic E-state index is 13.0. The van der Waals surface area contributed by atoms with Gasteiger partial charge in [-0.25, -0.2) is 14.8 Å². The number of ether oxygens (including phenoxy) is 1. The van der Waals surface area contributed by atoms with Crippen LogP contribution in [0.2, 0.25) is 0 Å². The van der Waals surface area contributed by atoms with Crippen LogP contribution in [0.25, 0.3) is 10.9 Å². The number of hydrogen-bond acceptors (Lipinski definition) is 7. The topological polar surface area (TPSA) is 77.1 Å². The molecule has 0 aliphatic carbocycles. The third-order valence-electron chi connectivity index (χ3n) is 8.50. The molecule has 9 nitrogen and oxygen atoms in total. The third-order valence-corrected chi connectivity index (χ3v) is 8.50. The molecule has 3 saturated heterocycles. The lowest BCUT2D eigenvalue weighted by Crippen LogP contribution is -2.46. The van der Waals surface area contributed by atoms with Crippen molar-refractivity contribution in [1.82, 2.24) is 19.8 Å². The molecule has 1 N–H and O–H groups in total. The Kier molecular flexibility index (Phi) is 7.78. The number of rotatable bonds is 5. The Labute approximate surface area is 230 Å². The monoisotopic (exact) mass is 529 g/mol. The molecule has 9 heteroatoms. The van der Waals surface area contributed by atoms with Crippen molar-refractivity contribution in [2.75, 3.05) is 87.2 Å². The molecule has 0 spiro atoms. The van der Waals surface area contributed by atoms with Crippen LogP contribution in [-0.2, 0) is 4.74 Å². The molecule has 3 fully saturated rings. The summed E-state index contributed by atoms with van der Waals surface area (Å²) in [6.07, 6.45) is 3.50. The van der Waals surface area contributed by atoms with Gasteiger partial charge in [0, 0.05) is 80.7 Å². The van der Waals surface area contributed by atoms with Crippen molar-refractivity contribution < 1.29 is 9.53 Å². The predicted molar refractivity (Wildman–Crippen MR) is 156 cm³/mol. The van der Waals surface area contributed by atoms with Crippen molar-refractivity contribution in [1.29, 1.82) is 0 Å². The number of urea groups is 1. The molecule has 2 aromatic carbocycles. The number of morpholine rings is 1. The van der Waals surface area contributed by atoms with Crippen LogP contribution in [0.1, 0.15) is 31.4 Å². The van der Waals surface area contributed by atoms with E-state index in [0.29, 0.717) is 19.0 Å². The maximum atomic E-state index is 13.0. The number of aromatic nitrogens is 2. The van der Waals surface area contributed by atoms with E-state index in [-0.39, 0.29) is 6.03 Å². The molecule has 0 bridgehead atoms. The van der Waals surface area contributed by atoms with Gasteiger partial charge in [-0.3, -0.25) is 0 Å². The van der Waals surface area contributed by atoms with E-state index < -0.39 is 0 Å². The van der Waals surface area contributed by atoms with E-state index in [1.165, 1.54) is 11.4 Å². The summed E-state index contributed by atoms with van der Waals surface area (Å²) in [6.45, 7) is 12.4. The van der Waals surface area contributed by atoms with Gasteiger partial charge in [0.25, 0.3) is 0 Å². The van der Waals surface area contributed by atoms with E-state index in [0.717, 1.165) is 94.2 Å². The van der Waals surface area contributed by atoms with Crippen LogP contribution < -0.4 is 15.1 Å². The SMILES string of the molecule is CCN1CCN(c2ccc3c(C4CCN(C(=O)Nc5ccc(N6CCOCC6)cc5)CC4)ncnc3c2)CC1. The van der Waals surface area contributed by atoms with E-state index in [1.54, 1.807) is 6.33 Å². The van der Waals surface area contributed by atoms with Crippen molar-refractivity contribution in [3.63, 3.8) is 0 Å². The fraction of sp³-hybridized carbons (Fsp3) is 0.500. The van der Waals surface area contributed by atoms with Crippen LogP contribution in [0, 0.1) is 0 Å².